The lowest BCUT2D eigenvalue weighted by Crippen LogP contribution is -2.51. The first-order valence-corrected chi connectivity index (χ1v) is 17.6. The minimum atomic E-state index is -3.75. The number of methoxy groups -OCH3 is 2. The van der Waals surface area contributed by atoms with Gasteiger partial charge in [-0.2, -0.15) is 0 Å². The van der Waals surface area contributed by atoms with E-state index in [1.165, 1.54) is 34.7 Å². The van der Waals surface area contributed by atoms with E-state index in [1.807, 2.05) is 42.5 Å². The summed E-state index contributed by atoms with van der Waals surface area (Å²) in [4.78, 5) is 3.02. The average molecular weight is 627 g/mol. The van der Waals surface area contributed by atoms with Gasteiger partial charge in [0.25, 0.3) is 10.0 Å². The van der Waals surface area contributed by atoms with Gasteiger partial charge in [-0.15, -0.1) is 0 Å². The Morgan fingerprint density at radius 1 is 0.844 bits per heavy atom. The van der Waals surface area contributed by atoms with E-state index in [9.17, 15) is 8.42 Å². The molecule has 4 aromatic rings. The second-order valence-electron chi connectivity index (χ2n) is 12.5. The molecule has 1 atom stereocenters. The lowest BCUT2D eigenvalue weighted by molar-refractivity contribution is 0.0268. The molecule has 236 valence electrons. The fraction of sp³-hybridized carbons (Fsp3) is 0.405. The molecule has 0 amide bonds. The highest BCUT2D eigenvalue weighted by Crippen LogP contribution is 2.49. The van der Waals surface area contributed by atoms with Crippen molar-refractivity contribution in [1.82, 2.24) is 4.90 Å². The first kappa shape index (κ1) is 29.9. The number of ether oxygens (including phenoxy) is 3. The second-order valence-corrected chi connectivity index (χ2v) is 14.4. The SMILES string of the molecule is COc1cc2c(cc1OC)C1(CCCCN1CCCc1ccc3c(c1)N(S(=O)(=O)c1ccc4ccccc4c1)CCO3)CCC2. The van der Waals surface area contributed by atoms with Crippen molar-refractivity contribution in [1.29, 1.82) is 0 Å². The van der Waals surface area contributed by atoms with Gasteiger partial charge in [0.05, 0.1) is 31.3 Å². The predicted octanol–water partition coefficient (Wildman–Crippen LogP) is 7.10. The highest BCUT2D eigenvalue weighted by molar-refractivity contribution is 7.92. The molecule has 4 aromatic carbocycles. The van der Waals surface area contributed by atoms with Crippen molar-refractivity contribution in [3.05, 3.63) is 89.5 Å². The van der Waals surface area contributed by atoms with Crippen molar-refractivity contribution in [2.45, 2.75) is 61.8 Å². The number of fused-ring (bicyclic) bond motifs is 4. The van der Waals surface area contributed by atoms with Gasteiger partial charge in [0.2, 0.25) is 0 Å². The summed E-state index contributed by atoms with van der Waals surface area (Å²) in [6, 6.07) is 23.7. The third kappa shape index (κ3) is 5.42. The molecule has 0 bridgehead atoms. The molecule has 45 heavy (non-hydrogen) atoms. The monoisotopic (exact) mass is 626 g/mol. The molecule has 0 saturated carbocycles. The van der Waals surface area contributed by atoms with Gasteiger partial charge in [0.1, 0.15) is 12.4 Å². The van der Waals surface area contributed by atoms with Crippen LogP contribution in [0.4, 0.5) is 5.69 Å². The topological polar surface area (TPSA) is 68.3 Å². The van der Waals surface area contributed by atoms with Crippen LogP contribution in [0.15, 0.2) is 77.7 Å². The van der Waals surface area contributed by atoms with E-state index in [-0.39, 0.29) is 12.1 Å². The molecule has 8 heteroatoms. The molecule has 1 unspecified atom stereocenters. The maximum absolute atomic E-state index is 13.9. The number of hydrogen-bond donors (Lipinski definition) is 0. The van der Waals surface area contributed by atoms with Crippen LogP contribution in [0.5, 0.6) is 17.2 Å². The van der Waals surface area contributed by atoms with E-state index in [1.54, 1.807) is 26.4 Å². The Kier molecular flexibility index (Phi) is 8.12. The van der Waals surface area contributed by atoms with Crippen LogP contribution in [0.25, 0.3) is 10.8 Å². The molecular formula is C37H42N2O5S. The Morgan fingerprint density at radius 3 is 2.49 bits per heavy atom. The Morgan fingerprint density at radius 2 is 1.64 bits per heavy atom. The van der Waals surface area contributed by atoms with Crippen molar-refractivity contribution >= 4 is 26.5 Å². The summed E-state index contributed by atoms with van der Waals surface area (Å²) in [7, 11) is -0.326. The van der Waals surface area contributed by atoms with Crippen molar-refractivity contribution in [3.63, 3.8) is 0 Å². The number of piperidine rings is 1. The third-order valence-corrected chi connectivity index (χ3v) is 11.9. The predicted molar refractivity (Wildman–Crippen MR) is 178 cm³/mol. The zero-order valence-electron chi connectivity index (χ0n) is 26.3. The van der Waals surface area contributed by atoms with Crippen LogP contribution >= 0.6 is 0 Å². The summed E-state index contributed by atoms with van der Waals surface area (Å²) in [6.07, 6.45) is 8.86. The smallest absolute Gasteiger partial charge is 0.264 e. The summed E-state index contributed by atoms with van der Waals surface area (Å²) in [5.74, 6) is 2.23. The number of nitrogens with zero attached hydrogens (tertiary/aromatic N) is 2. The Hall–Kier alpha value is -3.75. The van der Waals surface area contributed by atoms with Gasteiger partial charge in [-0.25, -0.2) is 8.42 Å². The molecule has 1 saturated heterocycles. The molecule has 1 spiro atoms. The molecule has 2 aliphatic heterocycles. The number of likely N-dealkylation sites (tertiary alicyclic amines) is 1. The molecule has 2 heterocycles. The van der Waals surface area contributed by atoms with Crippen LogP contribution < -0.4 is 18.5 Å². The summed E-state index contributed by atoms with van der Waals surface area (Å²) in [6.45, 7) is 2.69. The minimum absolute atomic E-state index is 0.0276. The van der Waals surface area contributed by atoms with Crippen LogP contribution in [-0.4, -0.2) is 53.8 Å². The van der Waals surface area contributed by atoms with Crippen LogP contribution in [0, 0.1) is 0 Å². The molecule has 0 N–H and O–H groups in total. The van der Waals surface area contributed by atoms with E-state index < -0.39 is 10.0 Å². The van der Waals surface area contributed by atoms with Crippen molar-refractivity contribution in [2.75, 3.05) is 44.8 Å². The van der Waals surface area contributed by atoms with Crippen molar-refractivity contribution < 1.29 is 22.6 Å². The van der Waals surface area contributed by atoms with Gasteiger partial charge >= 0.3 is 0 Å². The quantitative estimate of drug-likeness (QED) is 0.208. The first-order chi connectivity index (χ1) is 21.9. The fourth-order valence-corrected chi connectivity index (χ4v) is 9.33. The minimum Gasteiger partial charge on any atom is -0.493 e. The maximum Gasteiger partial charge on any atom is 0.264 e. The fourth-order valence-electron chi connectivity index (χ4n) is 7.85. The van der Waals surface area contributed by atoms with Crippen molar-refractivity contribution in [3.8, 4) is 17.2 Å². The molecule has 1 aliphatic carbocycles. The summed E-state index contributed by atoms with van der Waals surface area (Å²) in [5, 5.41) is 1.93. The van der Waals surface area contributed by atoms with Gasteiger partial charge in [0.15, 0.2) is 11.5 Å². The van der Waals surface area contributed by atoms with Crippen LogP contribution in [0.2, 0.25) is 0 Å². The highest BCUT2D eigenvalue weighted by Gasteiger charge is 2.43. The van der Waals surface area contributed by atoms with E-state index in [0.29, 0.717) is 22.9 Å². The lowest BCUT2D eigenvalue weighted by atomic mass is 9.70. The third-order valence-electron chi connectivity index (χ3n) is 10.1. The first-order valence-electron chi connectivity index (χ1n) is 16.2. The number of sulfonamides is 1. The van der Waals surface area contributed by atoms with E-state index >= 15 is 0 Å². The molecule has 1 fully saturated rings. The Bertz CT molecular complexity index is 1820. The molecule has 7 nitrogen and oxygen atoms in total. The average Bonchev–Trinajstić information content (AvgIpc) is 3.08. The number of anilines is 1. The zero-order chi connectivity index (χ0) is 31.0. The van der Waals surface area contributed by atoms with Gasteiger partial charge in [-0.1, -0.05) is 36.4 Å². The van der Waals surface area contributed by atoms with Crippen LogP contribution in [-0.2, 0) is 28.4 Å². The largest absolute Gasteiger partial charge is 0.493 e. The van der Waals surface area contributed by atoms with E-state index in [0.717, 1.165) is 73.0 Å². The van der Waals surface area contributed by atoms with Gasteiger partial charge in [-0.05, 0) is 128 Å². The lowest BCUT2D eigenvalue weighted by Gasteiger charge is -2.51. The second kappa shape index (κ2) is 12.2. The van der Waals surface area contributed by atoms with Gasteiger partial charge < -0.3 is 14.2 Å². The zero-order valence-corrected chi connectivity index (χ0v) is 27.1. The summed E-state index contributed by atoms with van der Waals surface area (Å²) >= 11 is 0. The molecule has 7 rings (SSSR count). The Balaban J connectivity index is 1.11. The number of aryl methyl sites for hydroxylation is 2. The maximum atomic E-state index is 13.9. The summed E-state index contributed by atoms with van der Waals surface area (Å²) in [5.41, 5.74) is 4.57. The number of rotatable bonds is 8. The van der Waals surface area contributed by atoms with Gasteiger partial charge in [-0.3, -0.25) is 9.21 Å². The molecule has 0 aromatic heterocycles. The van der Waals surface area contributed by atoms with Crippen LogP contribution in [0.1, 0.15) is 55.2 Å². The van der Waals surface area contributed by atoms with Crippen molar-refractivity contribution in [2.24, 2.45) is 0 Å². The normalized spacial score (nSPS) is 20.0. The molecular weight excluding hydrogens is 584 g/mol. The standard InChI is InChI=1S/C37H42N2O5S/c1-42-35-25-30-12-7-18-37(32(30)26-36(35)43-2)17-5-6-19-38(37)20-8-9-27-13-16-34-33(23-27)39(21-22-44-34)45(40,41)31-15-14-28-10-3-4-11-29(28)24-31/h3-4,10-11,13-16,23-26H,5-9,12,17-22H2,1-2H3. The van der Waals surface area contributed by atoms with E-state index in [2.05, 4.69) is 23.1 Å². The van der Waals surface area contributed by atoms with E-state index in [4.69, 9.17) is 14.2 Å². The van der Waals surface area contributed by atoms with Gasteiger partial charge in [0, 0.05) is 5.54 Å². The molecule has 0 radical (unpaired) electrons. The molecule has 3 aliphatic rings. The summed E-state index contributed by atoms with van der Waals surface area (Å²) < 4.78 is 46.7. The Labute approximate surface area is 266 Å². The number of hydrogen-bond acceptors (Lipinski definition) is 6. The highest BCUT2D eigenvalue weighted by atomic mass is 32.2. The number of benzene rings is 4. The van der Waals surface area contributed by atoms with Crippen LogP contribution in [0.3, 0.4) is 0 Å².